The van der Waals surface area contributed by atoms with Crippen LogP contribution in [0.25, 0.3) is 0 Å². The van der Waals surface area contributed by atoms with Gasteiger partial charge in [0.1, 0.15) is 6.61 Å². The van der Waals surface area contributed by atoms with Gasteiger partial charge in [0.15, 0.2) is 6.10 Å². The van der Waals surface area contributed by atoms with Crippen LogP contribution < -0.4 is 0 Å². The number of carboxylic acids is 1. The second-order valence-corrected chi connectivity index (χ2v) is 4.09. The molecule has 1 saturated heterocycles. The van der Waals surface area contributed by atoms with Gasteiger partial charge < -0.3 is 14.7 Å². The molecular weight excluding hydrogens is 210 g/mol. The van der Waals surface area contributed by atoms with Crippen molar-refractivity contribution in [2.45, 2.75) is 38.7 Å². The first kappa shape index (κ1) is 13.0. The minimum Gasteiger partial charge on any atom is -0.479 e. The highest BCUT2D eigenvalue weighted by atomic mass is 16.5. The van der Waals surface area contributed by atoms with Gasteiger partial charge >= 0.3 is 5.97 Å². The van der Waals surface area contributed by atoms with Crippen LogP contribution in [-0.4, -0.2) is 47.7 Å². The largest absolute Gasteiger partial charge is 0.479 e. The molecule has 0 spiro atoms. The lowest BCUT2D eigenvalue weighted by atomic mass is 10.2. The van der Waals surface area contributed by atoms with Gasteiger partial charge in [-0.05, 0) is 19.8 Å². The van der Waals surface area contributed by atoms with Crippen LogP contribution in [0.2, 0.25) is 0 Å². The highest BCUT2D eigenvalue weighted by Gasteiger charge is 2.18. The molecule has 92 valence electrons. The number of hydrogen-bond donors (Lipinski definition) is 1. The fourth-order valence-corrected chi connectivity index (χ4v) is 1.68. The van der Waals surface area contributed by atoms with Crippen LogP contribution in [0.5, 0.6) is 0 Å². The standard InChI is InChI=1S/C11H19NO4/c1-9(11(14)15)16-8-10(13)12-6-4-2-3-5-7-12/h9H,2-8H2,1H3,(H,14,15)/t9-/m1/s1. The molecule has 0 unspecified atom stereocenters. The Kier molecular flexibility index (Phi) is 5.25. The van der Waals surface area contributed by atoms with Gasteiger partial charge in [-0.1, -0.05) is 12.8 Å². The van der Waals surface area contributed by atoms with Crippen LogP contribution in [0, 0.1) is 0 Å². The molecule has 1 aliphatic rings. The van der Waals surface area contributed by atoms with E-state index in [0.29, 0.717) is 0 Å². The van der Waals surface area contributed by atoms with Crippen molar-refractivity contribution in [1.82, 2.24) is 4.90 Å². The highest BCUT2D eigenvalue weighted by molar-refractivity contribution is 5.78. The Morgan fingerprint density at radius 2 is 1.81 bits per heavy atom. The molecule has 1 N–H and O–H groups in total. The van der Waals surface area contributed by atoms with Crippen LogP contribution in [-0.2, 0) is 14.3 Å². The van der Waals surface area contributed by atoms with E-state index in [1.165, 1.54) is 6.92 Å². The Morgan fingerprint density at radius 1 is 1.25 bits per heavy atom. The minimum absolute atomic E-state index is 0.102. The summed E-state index contributed by atoms with van der Waals surface area (Å²) in [7, 11) is 0. The monoisotopic (exact) mass is 229 g/mol. The Labute approximate surface area is 95.4 Å². The van der Waals surface area contributed by atoms with E-state index in [9.17, 15) is 9.59 Å². The van der Waals surface area contributed by atoms with Crippen molar-refractivity contribution in [2.24, 2.45) is 0 Å². The Balaban J connectivity index is 2.30. The zero-order valence-corrected chi connectivity index (χ0v) is 9.65. The van der Waals surface area contributed by atoms with Gasteiger partial charge in [-0.2, -0.15) is 0 Å². The highest BCUT2D eigenvalue weighted by Crippen LogP contribution is 2.09. The Morgan fingerprint density at radius 3 is 2.31 bits per heavy atom. The zero-order chi connectivity index (χ0) is 12.0. The summed E-state index contributed by atoms with van der Waals surface area (Å²) in [5, 5.41) is 8.60. The number of nitrogens with zero attached hydrogens (tertiary/aromatic N) is 1. The van der Waals surface area contributed by atoms with E-state index < -0.39 is 12.1 Å². The second kappa shape index (κ2) is 6.48. The van der Waals surface area contributed by atoms with E-state index in [4.69, 9.17) is 9.84 Å². The molecule has 0 aromatic rings. The van der Waals surface area contributed by atoms with Gasteiger partial charge in [-0.3, -0.25) is 4.79 Å². The summed E-state index contributed by atoms with van der Waals surface area (Å²) in [6, 6.07) is 0. The number of likely N-dealkylation sites (tertiary alicyclic amines) is 1. The van der Waals surface area contributed by atoms with Crippen molar-refractivity contribution in [1.29, 1.82) is 0 Å². The number of hydrogen-bond acceptors (Lipinski definition) is 3. The lowest BCUT2D eigenvalue weighted by Crippen LogP contribution is -2.36. The molecule has 0 aromatic carbocycles. The average Bonchev–Trinajstić information content (AvgIpc) is 2.53. The fourth-order valence-electron chi connectivity index (χ4n) is 1.68. The molecule has 0 aromatic heterocycles. The summed E-state index contributed by atoms with van der Waals surface area (Å²) in [5.74, 6) is -1.14. The van der Waals surface area contributed by atoms with Crippen LogP contribution >= 0.6 is 0 Å². The third-order valence-electron chi connectivity index (χ3n) is 2.76. The van der Waals surface area contributed by atoms with Gasteiger partial charge in [0.05, 0.1) is 0 Å². The van der Waals surface area contributed by atoms with Gasteiger partial charge in [-0.25, -0.2) is 4.79 Å². The van der Waals surface area contributed by atoms with Gasteiger partial charge in [0.25, 0.3) is 0 Å². The van der Waals surface area contributed by atoms with Gasteiger partial charge in [0, 0.05) is 13.1 Å². The third kappa shape index (κ3) is 4.18. The molecule has 1 fully saturated rings. The molecule has 1 atom stereocenters. The van der Waals surface area contributed by atoms with Crippen LogP contribution in [0.4, 0.5) is 0 Å². The van der Waals surface area contributed by atoms with Crippen molar-refractivity contribution in [3.05, 3.63) is 0 Å². The van der Waals surface area contributed by atoms with E-state index in [1.54, 1.807) is 4.90 Å². The normalized spacial score (nSPS) is 18.9. The molecule has 0 aliphatic carbocycles. The summed E-state index contributed by atoms with van der Waals surface area (Å²) in [6.45, 7) is 2.83. The molecule has 0 radical (unpaired) electrons. The summed E-state index contributed by atoms with van der Waals surface area (Å²) in [5.41, 5.74) is 0. The molecule has 1 rings (SSSR count). The van der Waals surface area contributed by atoms with Gasteiger partial charge in [-0.15, -0.1) is 0 Å². The molecule has 0 saturated carbocycles. The Hall–Kier alpha value is -1.10. The molecular formula is C11H19NO4. The maximum absolute atomic E-state index is 11.7. The maximum atomic E-state index is 11.7. The predicted molar refractivity (Wildman–Crippen MR) is 58.1 cm³/mol. The summed E-state index contributed by atoms with van der Waals surface area (Å²) in [4.78, 5) is 23.9. The minimum atomic E-state index is -1.04. The maximum Gasteiger partial charge on any atom is 0.332 e. The molecule has 1 heterocycles. The summed E-state index contributed by atoms with van der Waals surface area (Å²) < 4.78 is 4.97. The van der Waals surface area contributed by atoms with Crippen LogP contribution in [0.3, 0.4) is 0 Å². The second-order valence-electron chi connectivity index (χ2n) is 4.09. The van der Waals surface area contributed by atoms with Gasteiger partial charge in [0.2, 0.25) is 5.91 Å². The zero-order valence-electron chi connectivity index (χ0n) is 9.65. The van der Waals surface area contributed by atoms with E-state index in [0.717, 1.165) is 38.8 Å². The molecule has 1 aliphatic heterocycles. The summed E-state index contributed by atoms with van der Waals surface area (Å²) in [6.07, 6.45) is 3.46. The quantitative estimate of drug-likeness (QED) is 0.777. The SMILES string of the molecule is C[C@@H](OCC(=O)N1CCCCCC1)C(=O)O. The number of amides is 1. The van der Waals surface area contributed by atoms with Crippen molar-refractivity contribution in [3.8, 4) is 0 Å². The van der Waals surface area contributed by atoms with Crippen LogP contribution in [0.1, 0.15) is 32.6 Å². The smallest absolute Gasteiger partial charge is 0.332 e. The number of carbonyl (C=O) groups is 2. The first-order chi connectivity index (χ1) is 7.61. The van der Waals surface area contributed by atoms with Crippen LogP contribution in [0.15, 0.2) is 0 Å². The molecule has 16 heavy (non-hydrogen) atoms. The molecule has 0 bridgehead atoms. The van der Waals surface area contributed by atoms with E-state index in [-0.39, 0.29) is 12.5 Å². The molecule has 1 amide bonds. The van der Waals surface area contributed by atoms with E-state index in [1.807, 2.05) is 0 Å². The number of aliphatic carboxylic acids is 1. The fraction of sp³-hybridized carbons (Fsp3) is 0.818. The molecule has 5 nitrogen and oxygen atoms in total. The first-order valence-electron chi connectivity index (χ1n) is 5.73. The lowest BCUT2D eigenvalue weighted by molar-refractivity contribution is -0.152. The number of carboxylic acid groups (broad SMARTS) is 1. The van der Waals surface area contributed by atoms with E-state index in [2.05, 4.69) is 0 Å². The lowest BCUT2D eigenvalue weighted by Gasteiger charge is -2.20. The van der Waals surface area contributed by atoms with E-state index >= 15 is 0 Å². The average molecular weight is 229 g/mol. The Bertz CT molecular complexity index is 246. The van der Waals surface area contributed by atoms with Crippen molar-refractivity contribution >= 4 is 11.9 Å². The first-order valence-corrected chi connectivity index (χ1v) is 5.73. The van der Waals surface area contributed by atoms with Crippen molar-refractivity contribution in [2.75, 3.05) is 19.7 Å². The predicted octanol–water partition coefficient (Wildman–Crippen LogP) is 0.879. The number of carbonyl (C=O) groups excluding carboxylic acids is 1. The topological polar surface area (TPSA) is 66.8 Å². The van der Waals surface area contributed by atoms with Crippen molar-refractivity contribution < 1.29 is 19.4 Å². The van der Waals surface area contributed by atoms with Crippen molar-refractivity contribution in [3.63, 3.8) is 0 Å². The molecule has 5 heteroatoms. The third-order valence-corrected chi connectivity index (χ3v) is 2.76. The number of ether oxygens (including phenoxy) is 1. The number of rotatable bonds is 4. The summed E-state index contributed by atoms with van der Waals surface area (Å²) >= 11 is 0.